The number of anilines is 2. The minimum Gasteiger partial charge on any atom is -0.376 e. The van der Waals surface area contributed by atoms with Crippen LogP contribution in [0.15, 0.2) is 54.6 Å². The molecule has 0 bridgehead atoms. The third kappa shape index (κ3) is 5.80. The van der Waals surface area contributed by atoms with E-state index in [1.165, 1.54) is 12.1 Å². The predicted octanol–water partition coefficient (Wildman–Crippen LogP) is 3.43. The van der Waals surface area contributed by atoms with E-state index in [-0.39, 0.29) is 36.5 Å². The van der Waals surface area contributed by atoms with Crippen molar-refractivity contribution >= 4 is 42.1 Å². The Hall–Kier alpha value is -1.98. The van der Waals surface area contributed by atoms with Gasteiger partial charge in [-0.15, -0.1) is 24.8 Å². The van der Waals surface area contributed by atoms with Gasteiger partial charge in [0.25, 0.3) is 0 Å². The highest BCUT2D eigenvalue weighted by molar-refractivity contribution is 5.85. The van der Waals surface area contributed by atoms with Gasteiger partial charge < -0.3 is 15.1 Å². The smallest absolute Gasteiger partial charge is 0.241 e. The molecule has 0 aliphatic carbocycles. The summed E-state index contributed by atoms with van der Waals surface area (Å²) in [5.74, 6) is -0.123. The molecule has 1 amide bonds. The van der Waals surface area contributed by atoms with Crippen LogP contribution in [0.25, 0.3) is 0 Å². The van der Waals surface area contributed by atoms with Gasteiger partial charge in [-0.3, -0.25) is 4.79 Å². The maximum Gasteiger partial charge on any atom is 0.241 e. The number of piperazine rings is 1. The van der Waals surface area contributed by atoms with Gasteiger partial charge >= 0.3 is 0 Å². The normalized spacial score (nSPS) is 13.5. The lowest BCUT2D eigenvalue weighted by molar-refractivity contribution is -0.129. The van der Waals surface area contributed by atoms with E-state index in [1.54, 1.807) is 12.1 Å². The second-order valence-electron chi connectivity index (χ2n) is 5.56. The van der Waals surface area contributed by atoms with Crippen LogP contribution in [0, 0.1) is 5.82 Å². The van der Waals surface area contributed by atoms with E-state index in [0.29, 0.717) is 19.6 Å². The van der Waals surface area contributed by atoms with Crippen LogP contribution in [0.1, 0.15) is 0 Å². The fourth-order valence-electron chi connectivity index (χ4n) is 2.71. The maximum atomic E-state index is 13.0. The highest BCUT2D eigenvalue weighted by Gasteiger charge is 2.20. The number of nitrogens with zero attached hydrogens (tertiary/aromatic N) is 2. The van der Waals surface area contributed by atoms with E-state index in [2.05, 4.69) is 10.2 Å². The van der Waals surface area contributed by atoms with Gasteiger partial charge in [-0.1, -0.05) is 18.2 Å². The zero-order valence-electron chi connectivity index (χ0n) is 13.7. The topological polar surface area (TPSA) is 35.6 Å². The number of rotatable bonds is 4. The van der Waals surface area contributed by atoms with Crippen molar-refractivity contribution in [1.29, 1.82) is 0 Å². The van der Waals surface area contributed by atoms with Crippen molar-refractivity contribution in [2.75, 3.05) is 42.9 Å². The minimum absolute atomic E-state index is 0. The lowest BCUT2D eigenvalue weighted by Crippen LogP contribution is -2.50. The van der Waals surface area contributed by atoms with E-state index < -0.39 is 0 Å². The molecule has 7 heteroatoms. The summed E-state index contributed by atoms with van der Waals surface area (Å²) in [6.07, 6.45) is 0. The summed E-state index contributed by atoms with van der Waals surface area (Å²) >= 11 is 0. The number of halogens is 3. The van der Waals surface area contributed by atoms with E-state index in [1.807, 2.05) is 35.2 Å². The Labute approximate surface area is 159 Å². The summed E-state index contributed by atoms with van der Waals surface area (Å²) in [4.78, 5) is 16.3. The van der Waals surface area contributed by atoms with Crippen molar-refractivity contribution in [3.8, 4) is 0 Å². The van der Waals surface area contributed by atoms with E-state index >= 15 is 0 Å². The van der Waals surface area contributed by atoms with Crippen molar-refractivity contribution in [2.45, 2.75) is 0 Å². The summed E-state index contributed by atoms with van der Waals surface area (Å²) in [5.41, 5.74) is 1.95. The van der Waals surface area contributed by atoms with Crippen LogP contribution < -0.4 is 10.2 Å². The Bertz CT molecular complexity index is 647. The molecule has 0 atom stereocenters. The van der Waals surface area contributed by atoms with E-state index in [4.69, 9.17) is 0 Å². The SMILES string of the molecule is Cl.Cl.O=C(CNc1ccccc1)N1CCN(c2ccc(F)cc2)CC1. The molecular weight excluding hydrogens is 364 g/mol. The van der Waals surface area contributed by atoms with Crippen molar-refractivity contribution in [2.24, 2.45) is 0 Å². The molecule has 136 valence electrons. The zero-order valence-corrected chi connectivity index (χ0v) is 15.4. The predicted molar refractivity (Wildman–Crippen MR) is 105 cm³/mol. The van der Waals surface area contributed by atoms with Crippen LogP contribution in [-0.2, 0) is 4.79 Å². The first kappa shape index (κ1) is 21.1. The van der Waals surface area contributed by atoms with Crippen LogP contribution in [0.5, 0.6) is 0 Å². The summed E-state index contributed by atoms with van der Waals surface area (Å²) in [6, 6.07) is 16.2. The first-order valence-corrected chi connectivity index (χ1v) is 7.79. The fourth-order valence-corrected chi connectivity index (χ4v) is 2.71. The number of carbonyl (C=O) groups excluding carboxylic acids is 1. The molecule has 3 rings (SSSR count). The van der Waals surface area contributed by atoms with Crippen LogP contribution in [-0.4, -0.2) is 43.5 Å². The van der Waals surface area contributed by atoms with Gasteiger partial charge in [0.1, 0.15) is 5.82 Å². The summed E-state index contributed by atoms with van der Waals surface area (Å²) < 4.78 is 13.0. The quantitative estimate of drug-likeness (QED) is 0.875. The van der Waals surface area contributed by atoms with Crippen molar-refractivity contribution < 1.29 is 9.18 Å². The van der Waals surface area contributed by atoms with Gasteiger partial charge in [0.2, 0.25) is 5.91 Å². The standard InChI is InChI=1S/C18H20FN3O.2ClH/c19-15-6-8-17(9-7-15)21-10-12-22(13-11-21)18(23)14-20-16-4-2-1-3-5-16;;/h1-9,20H,10-14H2;2*1H. The molecule has 1 saturated heterocycles. The molecular formula is C18H22Cl2FN3O. The third-order valence-corrected chi connectivity index (χ3v) is 4.04. The third-order valence-electron chi connectivity index (χ3n) is 4.04. The molecule has 1 N–H and O–H groups in total. The van der Waals surface area contributed by atoms with Gasteiger partial charge in [0, 0.05) is 37.6 Å². The Morgan fingerprint density at radius 1 is 0.920 bits per heavy atom. The van der Waals surface area contributed by atoms with Crippen LogP contribution in [0.3, 0.4) is 0 Å². The molecule has 25 heavy (non-hydrogen) atoms. The summed E-state index contributed by atoms with van der Waals surface area (Å²) in [7, 11) is 0. The minimum atomic E-state index is -0.227. The van der Waals surface area contributed by atoms with Crippen LogP contribution in [0.2, 0.25) is 0 Å². The average Bonchev–Trinajstić information content (AvgIpc) is 2.61. The van der Waals surface area contributed by atoms with Gasteiger partial charge in [-0.25, -0.2) is 4.39 Å². The number of hydrogen-bond donors (Lipinski definition) is 1. The average molecular weight is 386 g/mol. The van der Waals surface area contributed by atoms with Gasteiger partial charge in [0.05, 0.1) is 6.54 Å². The Kier molecular flexibility index (Phi) is 8.52. The highest BCUT2D eigenvalue weighted by atomic mass is 35.5. The maximum absolute atomic E-state index is 13.0. The van der Waals surface area contributed by atoms with Crippen LogP contribution in [0.4, 0.5) is 15.8 Å². The van der Waals surface area contributed by atoms with Crippen LogP contribution >= 0.6 is 24.8 Å². The molecule has 0 saturated carbocycles. The van der Waals surface area contributed by atoms with E-state index in [9.17, 15) is 9.18 Å². The Balaban J connectivity index is 0.00000156. The molecule has 0 unspecified atom stereocenters. The number of amides is 1. The second kappa shape index (κ2) is 10.1. The molecule has 2 aromatic carbocycles. The largest absolute Gasteiger partial charge is 0.376 e. The zero-order chi connectivity index (χ0) is 16.1. The van der Waals surface area contributed by atoms with Gasteiger partial charge in [0.15, 0.2) is 0 Å². The summed E-state index contributed by atoms with van der Waals surface area (Å²) in [6.45, 7) is 3.21. The first-order chi connectivity index (χ1) is 11.2. The Morgan fingerprint density at radius 3 is 2.12 bits per heavy atom. The molecule has 0 radical (unpaired) electrons. The number of para-hydroxylation sites is 1. The van der Waals surface area contributed by atoms with Gasteiger partial charge in [-0.05, 0) is 36.4 Å². The van der Waals surface area contributed by atoms with E-state index in [0.717, 1.165) is 24.5 Å². The molecule has 1 heterocycles. The molecule has 1 aliphatic rings. The van der Waals surface area contributed by atoms with Gasteiger partial charge in [-0.2, -0.15) is 0 Å². The molecule has 0 aromatic heterocycles. The number of nitrogens with one attached hydrogen (secondary N) is 1. The highest BCUT2D eigenvalue weighted by Crippen LogP contribution is 2.17. The molecule has 4 nitrogen and oxygen atoms in total. The molecule has 0 spiro atoms. The molecule has 2 aromatic rings. The monoisotopic (exact) mass is 385 g/mol. The second-order valence-corrected chi connectivity index (χ2v) is 5.56. The van der Waals surface area contributed by atoms with Crippen molar-refractivity contribution in [3.05, 3.63) is 60.4 Å². The Morgan fingerprint density at radius 2 is 1.52 bits per heavy atom. The van der Waals surface area contributed by atoms with Crippen molar-refractivity contribution in [3.63, 3.8) is 0 Å². The first-order valence-electron chi connectivity index (χ1n) is 7.79. The molecule has 1 fully saturated rings. The van der Waals surface area contributed by atoms with Crippen molar-refractivity contribution in [1.82, 2.24) is 4.90 Å². The molecule has 1 aliphatic heterocycles. The summed E-state index contributed by atoms with van der Waals surface area (Å²) in [5, 5.41) is 3.14. The number of carbonyl (C=O) groups is 1. The lowest BCUT2D eigenvalue weighted by atomic mass is 10.2. The fraction of sp³-hybridized carbons (Fsp3) is 0.278. The lowest BCUT2D eigenvalue weighted by Gasteiger charge is -2.36. The number of hydrogen-bond acceptors (Lipinski definition) is 3. The number of benzene rings is 2.